The summed E-state index contributed by atoms with van der Waals surface area (Å²) in [4.78, 5) is 39.2. The number of allylic oxidation sites excluding steroid dienone is 2. The van der Waals surface area contributed by atoms with Crippen LogP contribution in [0.2, 0.25) is 0 Å². The molecule has 0 aromatic carbocycles. The number of hydrogen-bond donors (Lipinski definition) is 8. The van der Waals surface area contributed by atoms with E-state index in [2.05, 4.69) is 40.5 Å². The Hall–Kier alpha value is -3.35. The van der Waals surface area contributed by atoms with Crippen LogP contribution in [0.3, 0.4) is 0 Å². The molecule has 3 saturated heterocycles. The van der Waals surface area contributed by atoms with Gasteiger partial charge in [0.15, 0.2) is 11.0 Å². The van der Waals surface area contributed by atoms with Gasteiger partial charge in [-0.1, -0.05) is 19.9 Å². The smallest absolute Gasteiger partial charge is 0.328 e. The quantitative estimate of drug-likeness (QED) is 0.0781. The van der Waals surface area contributed by atoms with Crippen molar-refractivity contribution in [1.82, 2.24) is 20.9 Å². The van der Waals surface area contributed by atoms with Crippen molar-refractivity contribution in [3.05, 3.63) is 62.8 Å². The standard InChI is InChI=1S/C33H42N4O6S2/c1-15-19(5-7-29(38)39)25(34-22(15)11-24-17(3)21(9-10-44)33(43)36-24)13-26-20(6-8-30(40)41)16(2)23(35-26)12-27-31(28-14-45-28)18(4)32(42)37-27/h6,8-9,12-13,17-18,22,24,28,31-32,34-35,37,42,44H,5,7,10-11,14H2,1-4H3,(H,36,43)(H,38,39)(H,40,41)/p+1/b8-6-,21-9-,25-13-,27-12-/t17?,18-,22?,24-,28+,31-,32?/m1/s1. The number of carbonyl (C=O) groups excluding carboxylic acids is 1. The van der Waals surface area contributed by atoms with E-state index in [0.717, 1.165) is 51.2 Å². The fraction of sp³-hybridized carbons (Fsp3) is 0.485. The van der Waals surface area contributed by atoms with E-state index in [1.165, 1.54) is 11.8 Å². The van der Waals surface area contributed by atoms with Crippen LogP contribution in [0.15, 0.2) is 40.3 Å². The Morgan fingerprint density at radius 1 is 1.09 bits per heavy atom. The summed E-state index contributed by atoms with van der Waals surface area (Å²) in [5.41, 5.74) is 7.47. The number of hydrogen-bond acceptors (Lipinski definition) is 7. The maximum absolute atomic E-state index is 12.6. The number of rotatable bonds is 11. The molecule has 1 aromatic heterocycles. The number of H-pyrrole nitrogens is 1. The third kappa shape index (κ3) is 7.07. The summed E-state index contributed by atoms with van der Waals surface area (Å²) in [7, 11) is 0. The van der Waals surface area contributed by atoms with Crippen LogP contribution in [0.25, 0.3) is 18.2 Å². The molecule has 0 aliphatic carbocycles. The number of nitrogens with one attached hydrogen (secondary N) is 4. The lowest BCUT2D eigenvalue weighted by Gasteiger charge is -2.21. The molecule has 4 aliphatic heterocycles. The predicted octanol–water partition coefficient (Wildman–Crippen LogP) is 3.01. The highest BCUT2D eigenvalue weighted by Crippen LogP contribution is 2.40. The molecule has 1 aromatic rings. The number of carbonyl (C=O) groups is 3. The molecule has 0 radical (unpaired) electrons. The van der Waals surface area contributed by atoms with Crippen LogP contribution in [0.1, 0.15) is 62.5 Å². The van der Waals surface area contributed by atoms with Gasteiger partial charge < -0.3 is 36.3 Å². The van der Waals surface area contributed by atoms with Gasteiger partial charge in [-0.3, -0.25) is 9.59 Å². The Kier molecular flexibility index (Phi) is 9.95. The third-order valence-corrected chi connectivity index (χ3v) is 10.9. The Bertz CT molecular complexity index is 1540. The van der Waals surface area contributed by atoms with E-state index in [4.69, 9.17) is 0 Å². The average Bonchev–Trinajstić information content (AvgIpc) is 3.56. The van der Waals surface area contributed by atoms with Crippen LogP contribution in [0, 0.1) is 24.7 Å². The second kappa shape index (κ2) is 13.6. The SMILES string of the molecule is CC1=C(CCC(=O)O)/C(=C/c2[nH]c(/C=C3\NC(O)[C@H](C)[C@H]3[C@@H]3C[SH+]3)c(C)c2/C=C\C(=O)O)NC1C[C@H]1NC(=O)/C(=C\CS)C1C. The van der Waals surface area contributed by atoms with Crippen molar-refractivity contribution in [1.29, 1.82) is 0 Å². The van der Waals surface area contributed by atoms with Gasteiger partial charge in [-0.2, -0.15) is 12.6 Å². The molecule has 7 atom stereocenters. The van der Waals surface area contributed by atoms with E-state index in [1.807, 2.05) is 39.0 Å². The zero-order chi connectivity index (χ0) is 32.6. The van der Waals surface area contributed by atoms with E-state index in [0.29, 0.717) is 35.1 Å². The Balaban J connectivity index is 1.51. The Morgan fingerprint density at radius 3 is 2.47 bits per heavy atom. The molecule has 3 unspecified atom stereocenters. The lowest BCUT2D eigenvalue weighted by atomic mass is 9.90. The first kappa shape index (κ1) is 33.0. The number of aliphatic hydroxyl groups is 1. The number of aliphatic carboxylic acids is 2. The Labute approximate surface area is 273 Å². The number of aromatic nitrogens is 1. The van der Waals surface area contributed by atoms with Gasteiger partial charge in [0.05, 0.1) is 5.92 Å². The van der Waals surface area contributed by atoms with Crippen molar-refractivity contribution < 1.29 is 29.7 Å². The van der Waals surface area contributed by atoms with E-state index < -0.39 is 18.2 Å². The minimum atomic E-state index is -1.06. The first-order valence-corrected chi connectivity index (χ1v) is 17.2. The van der Waals surface area contributed by atoms with Gasteiger partial charge in [-0.15, -0.1) is 0 Å². The average molecular weight is 656 g/mol. The minimum absolute atomic E-state index is 0.00789. The van der Waals surface area contributed by atoms with Crippen molar-refractivity contribution >= 4 is 60.5 Å². The maximum atomic E-state index is 12.6. The number of aliphatic hydroxyl groups excluding tert-OH is 1. The first-order chi connectivity index (χ1) is 21.4. The maximum Gasteiger partial charge on any atom is 0.328 e. The van der Waals surface area contributed by atoms with Crippen molar-refractivity contribution in [2.24, 2.45) is 17.8 Å². The molecule has 0 spiro atoms. The van der Waals surface area contributed by atoms with Crippen LogP contribution in [0.4, 0.5) is 0 Å². The van der Waals surface area contributed by atoms with E-state index in [-0.39, 0.29) is 42.2 Å². The molecular formula is C33H43N4O6S2+. The summed E-state index contributed by atoms with van der Waals surface area (Å²) in [6.45, 7) is 8.01. The molecule has 5 rings (SSSR count). The third-order valence-electron chi connectivity index (χ3n) is 9.61. The zero-order valence-corrected chi connectivity index (χ0v) is 27.7. The molecule has 5 heterocycles. The summed E-state index contributed by atoms with van der Waals surface area (Å²) >= 11 is 5.64. The normalized spacial score (nSPS) is 32.2. The van der Waals surface area contributed by atoms with Crippen LogP contribution < -0.4 is 16.0 Å². The van der Waals surface area contributed by atoms with Crippen molar-refractivity contribution in [2.45, 2.75) is 70.5 Å². The number of aromatic amines is 1. The molecule has 0 bridgehead atoms. The molecule has 45 heavy (non-hydrogen) atoms. The summed E-state index contributed by atoms with van der Waals surface area (Å²) < 4.78 is 0. The topological polar surface area (TPSA) is 164 Å². The van der Waals surface area contributed by atoms with Crippen molar-refractivity contribution in [3.8, 4) is 0 Å². The number of amides is 1. The molecule has 12 heteroatoms. The highest BCUT2D eigenvalue weighted by atomic mass is 32.2. The van der Waals surface area contributed by atoms with Crippen molar-refractivity contribution in [3.63, 3.8) is 0 Å². The molecule has 3 fully saturated rings. The van der Waals surface area contributed by atoms with Gasteiger partial charge in [-0.25, -0.2) is 4.79 Å². The first-order valence-electron chi connectivity index (χ1n) is 15.4. The summed E-state index contributed by atoms with van der Waals surface area (Å²) in [5.74, 6) is -0.129. The fourth-order valence-corrected chi connectivity index (χ4v) is 8.08. The van der Waals surface area contributed by atoms with Crippen LogP contribution in [-0.2, 0) is 26.1 Å². The molecule has 1 amide bonds. The molecule has 7 N–H and O–H groups in total. The fourth-order valence-electron chi connectivity index (χ4n) is 6.87. The van der Waals surface area contributed by atoms with Gasteiger partial charge in [-0.05, 0) is 73.4 Å². The minimum Gasteiger partial charge on any atom is -0.481 e. The summed E-state index contributed by atoms with van der Waals surface area (Å²) in [5, 5.41) is 39.9. The lowest BCUT2D eigenvalue weighted by Crippen LogP contribution is -2.36. The number of thiol groups is 2. The van der Waals surface area contributed by atoms with E-state index in [1.54, 1.807) is 6.08 Å². The monoisotopic (exact) mass is 655 g/mol. The second-order valence-corrected chi connectivity index (χ2v) is 14.2. The van der Waals surface area contributed by atoms with Gasteiger partial charge in [0.25, 0.3) is 0 Å². The molecule has 0 saturated carbocycles. The largest absolute Gasteiger partial charge is 0.481 e. The van der Waals surface area contributed by atoms with Gasteiger partial charge >= 0.3 is 11.9 Å². The Morgan fingerprint density at radius 2 is 1.82 bits per heavy atom. The summed E-state index contributed by atoms with van der Waals surface area (Å²) in [6, 6.07) is -0.213. The number of carboxylic acids is 2. The van der Waals surface area contributed by atoms with Gasteiger partial charge in [0.1, 0.15) is 6.23 Å². The van der Waals surface area contributed by atoms with E-state index in [9.17, 15) is 29.7 Å². The van der Waals surface area contributed by atoms with Crippen LogP contribution in [-0.4, -0.2) is 73.2 Å². The second-order valence-electron chi connectivity index (χ2n) is 12.4. The van der Waals surface area contributed by atoms with Crippen LogP contribution in [0.5, 0.6) is 0 Å². The van der Waals surface area contributed by atoms with Crippen LogP contribution >= 0.6 is 12.6 Å². The highest BCUT2D eigenvalue weighted by molar-refractivity contribution is 7.86. The van der Waals surface area contributed by atoms with Gasteiger partial charge in [0, 0.05) is 76.1 Å². The van der Waals surface area contributed by atoms with Crippen molar-refractivity contribution in [2.75, 3.05) is 11.5 Å². The predicted molar refractivity (Wildman–Crippen MR) is 182 cm³/mol. The zero-order valence-electron chi connectivity index (χ0n) is 25.9. The highest BCUT2D eigenvalue weighted by Gasteiger charge is 2.52. The molecule has 242 valence electrons. The molecule has 10 nitrogen and oxygen atoms in total. The summed E-state index contributed by atoms with van der Waals surface area (Å²) in [6.07, 6.45) is 8.77. The number of carboxylic acid groups (broad SMARTS) is 2. The lowest BCUT2D eigenvalue weighted by molar-refractivity contribution is -0.137. The molecule has 4 aliphatic rings. The molecular weight excluding hydrogens is 613 g/mol. The van der Waals surface area contributed by atoms with Gasteiger partial charge in [0.2, 0.25) is 5.91 Å². The van der Waals surface area contributed by atoms with E-state index >= 15 is 0 Å².